The van der Waals surface area contributed by atoms with Gasteiger partial charge in [0.1, 0.15) is 17.4 Å². The highest BCUT2D eigenvalue weighted by atomic mass is 79.9. The first kappa shape index (κ1) is 13.3. The van der Waals surface area contributed by atoms with Crippen LogP contribution in [-0.4, -0.2) is 11.6 Å². The lowest BCUT2D eigenvalue weighted by Crippen LogP contribution is -1.95. The maximum Gasteiger partial charge on any atom is 0.130 e. The minimum atomic E-state index is 0.486. The Labute approximate surface area is 129 Å². The van der Waals surface area contributed by atoms with Gasteiger partial charge >= 0.3 is 0 Å². The molecule has 2 nitrogen and oxygen atoms in total. The Morgan fingerprint density at radius 3 is 2.90 bits per heavy atom. The predicted octanol–water partition coefficient (Wildman–Crippen LogP) is 5.29. The van der Waals surface area contributed by atoms with Gasteiger partial charge in [0.25, 0.3) is 0 Å². The van der Waals surface area contributed by atoms with Gasteiger partial charge in [-0.15, -0.1) is 11.3 Å². The van der Waals surface area contributed by atoms with E-state index in [-0.39, 0.29) is 0 Å². The molecule has 20 heavy (non-hydrogen) atoms. The summed E-state index contributed by atoms with van der Waals surface area (Å²) < 4.78 is 7.91. The van der Waals surface area contributed by atoms with Crippen molar-refractivity contribution in [3.8, 4) is 16.3 Å². The van der Waals surface area contributed by atoms with E-state index in [2.05, 4.69) is 33.6 Å². The SMILES string of the molecule is C=CCOc1ccc(Br)cc1-c1nc2ccccc2s1. The Morgan fingerprint density at radius 1 is 1.25 bits per heavy atom. The summed E-state index contributed by atoms with van der Waals surface area (Å²) in [4.78, 5) is 4.68. The summed E-state index contributed by atoms with van der Waals surface area (Å²) in [5.74, 6) is 0.826. The minimum absolute atomic E-state index is 0.486. The highest BCUT2D eigenvalue weighted by molar-refractivity contribution is 9.10. The number of hydrogen-bond donors (Lipinski definition) is 0. The fourth-order valence-electron chi connectivity index (χ4n) is 1.93. The first-order valence-electron chi connectivity index (χ1n) is 6.17. The van der Waals surface area contributed by atoms with Gasteiger partial charge in [0, 0.05) is 4.47 Å². The molecule has 0 radical (unpaired) electrons. The average Bonchev–Trinajstić information content (AvgIpc) is 2.89. The van der Waals surface area contributed by atoms with Crippen LogP contribution in [0.2, 0.25) is 0 Å². The van der Waals surface area contributed by atoms with Crippen LogP contribution in [0, 0.1) is 0 Å². The predicted molar refractivity (Wildman–Crippen MR) is 88.4 cm³/mol. The zero-order chi connectivity index (χ0) is 13.9. The van der Waals surface area contributed by atoms with Crippen LogP contribution in [0.1, 0.15) is 0 Å². The Balaban J connectivity index is 2.11. The molecule has 0 fully saturated rings. The van der Waals surface area contributed by atoms with Gasteiger partial charge in [-0.25, -0.2) is 4.98 Å². The van der Waals surface area contributed by atoms with Gasteiger partial charge in [-0.05, 0) is 30.3 Å². The smallest absolute Gasteiger partial charge is 0.130 e. The van der Waals surface area contributed by atoms with Gasteiger partial charge in [-0.3, -0.25) is 0 Å². The average molecular weight is 346 g/mol. The maximum atomic E-state index is 5.72. The summed E-state index contributed by atoms with van der Waals surface area (Å²) in [6.07, 6.45) is 1.74. The Hall–Kier alpha value is -1.65. The number of para-hydroxylation sites is 1. The van der Waals surface area contributed by atoms with Crippen molar-refractivity contribution in [2.75, 3.05) is 6.61 Å². The third-order valence-electron chi connectivity index (χ3n) is 2.82. The lowest BCUT2D eigenvalue weighted by atomic mass is 10.2. The normalized spacial score (nSPS) is 10.7. The van der Waals surface area contributed by atoms with Crippen LogP contribution < -0.4 is 4.74 Å². The largest absolute Gasteiger partial charge is 0.489 e. The number of aromatic nitrogens is 1. The molecule has 1 aromatic heterocycles. The van der Waals surface area contributed by atoms with Crippen molar-refractivity contribution >= 4 is 37.5 Å². The summed E-state index contributed by atoms with van der Waals surface area (Å²) in [5, 5.41) is 0.964. The third kappa shape index (κ3) is 2.62. The van der Waals surface area contributed by atoms with E-state index < -0.39 is 0 Å². The van der Waals surface area contributed by atoms with Crippen LogP contribution >= 0.6 is 27.3 Å². The monoisotopic (exact) mass is 345 g/mol. The summed E-state index contributed by atoms with van der Waals surface area (Å²) in [7, 11) is 0. The zero-order valence-electron chi connectivity index (χ0n) is 10.7. The molecule has 3 rings (SSSR count). The molecule has 0 aliphatic rings. The number of hydrogen-bond acceptors (Lipinski definition) is 3. The third-order valence-corrected chi connectivity index (χ3v) is 4.39. The van der Waals surface area contributed by atoms with E-state index >= 15 is 0 Å². The number of ether oxygens (including phenoxy) is 1. The maximum absolute atomic E-state index is 5.72. The summed E-state index contributed by atoms with van der Waals surface area (Å²) in [6, 6.07) is 14.1. The van der Waals surface area contributed by atoms with E-state index in [1.165, 1.54) is 4.70 Å². The molecule has 0 saturated carbocycles. The van der Waals surface area contributed by atoms with Gasteiger partial charge in [0.2, 0.25) is 0 Å². The molecule has 100 valence electrons. The van der Waals surface area contributed by atoms with Crippen molar-refractivity contribution in [3.63, 3.8) is 0 Å². The van der Waals surface area contributed by atoms with Gasteiger partial charge in [0.05, 0.1) is 15.8 Å². The molecule has 2 aromatic carbocycles. The van der Waals surface area contributed by atoms with Crippen molar-refractivity contribution in [2.24, 2.45) is 0 Å². The molecular weight excluding hydrogens is 334 g/mol. The van der Waals surface area contributed by atoms with Crippen LogP contribution in [0.5, 0.6) is 5.75 Å². The lowest BCUT2D eigenvalue weighted by Gasteiger charge is -2.08. The fraction of sp³-hybridized carbons (Fsp3) is 0.0625. The summed E-state index contributed by atoms with van der Waals surface area (Å²) in [6.45, 7) is 4.17. The van der Waals surface area contributed by atoms with Crippen LogP contribution in [0.15, 0.2) is 59.6 Å². The molecule has 0 amide bonds. The number of nitrogens with zero attached hydrogens (tertiary/aromatic N) is 1. The second kappa shape index (κ2) is 5.77. The molecule has 0 unspecified atom stereocenters. The van der Waals surface area contributed by atoms with Crippen molar-refractivity contribution in [1.82, 2.24) is 4.98 Å². The quantitative estimate of drug-likeness (QED) is 0.599. The van der Waals surface area contributed by atoms with Gasteiger partial charge < -0.3 is 4.74 Å². The molecule has 0 saturated heterocycles. The number of halogens is 1. The molecule has 0 bridgehead atoms. The van der Waals surface area contributed by atoms with E-state index in [9.17, 15) is 0 Å². The first-order valence-corrected chi connectivity index (χ1v) is 7.78. The topological polar surface area (TPSA) is 22.1 Å². The Morgan fingerprint density at radius 2 is 2.10 bits per heavy atom. The molecule has 0 aliphatic carbocycles. The Kier molecular flexibility index (Phi) is 3.85. The molecule has 4 heteroatoms. The molecule has 3 aromatic rings. The number of fused-ring (bicyclic) bond motifs is 1. The van der Waals surface area contributed by atoms with Crippen molar-refractivity contribution in [1.29, 1.82) is 0 Å². The van der Waals surface area contributed by atoms with Crippen molar-refractivity contribution in [2.45, 2.75) is 0 Å². The molecule has 0 atom stereocenters. The zero-order valence-corrected chi connectivity index (χ0v) is 13.1. The van der Waals surface area contributed by atoms with E-state index in [1.807, 2.05) is 36.4 Å². The van der Waals surface area contributed by atoms with Crippen LogP contribution in [-0.2, 0) is 0 Å². The van der Waals surface area contributed by atoms with Gasteiger partial charge in [-0.1, -0.05) is 40.7 Å². The molecule has 0 spiro atoms. The van der Waals surface area contributed by atoms with Crippen LogP contribution in [0.4, 0.5) is 0 Å². The van der Waals surface area contributed by atoms with E-state index in [4.69, 9.17) is 4.74 Å². The number of thiazole rings is 1. The second-order valence-electron chi connectivity index (χ2n) is 4.23. The minimum Gasteiger partial charge on any atom is -0.489 e. The van der Waals surface area contributed by atoms with Crippen LogP contribution in [0.25, 0.3) is 20.8 Å². The standard InChI is InChI=1S/C16H12BrNOS/c1-2-9-19-14-8-7-11(17)10-12(14)16-18-13-5-3-4-6-15(13)20-16/h2-8,10H,1,9H2. The van der Waals surface area contributed by atoms with Gasteiger partial charge in [-0.2, -0.15) is 0 Å². The highest BCUT2D eigenvalue weighted by Crippen LogP contribution is 2.37. The molecular formula is C16H12BrNOS. The summed E-state index contributed by atoms with van der Waals surface area (Å²) >= 11 is 5.18. The number of rotatable bonds is 4. The van der Waals surface area contributed by atoms with Crippen molar-refractivity contribution < 1.29 is 4.74 Å². The Bertz CT molecular complexity index is 733. The lowest BCUT2D eigenvalue weighted by molar-refractivity contribution is 0.364. The highest BCUT2D eigenvalue weighted by Gasteiger charge is 2.12. The van der Waals surface area contributed by atoms with E-state index in [0.29, 0.717) is 6.61 Å². The molecule has 0 N–H and O–H groups in total. The first-order chi connectivity index (χ1) is 9.78. The molecule has 0 aliphatic heterocycles. The second-order valence-corrected chi connectivity index (χ2v) is 6.17. The van der Waals surface area contributed by atoms with Crippen molar-refractivity contribution in [3.05, 3.63) is 59.6 Å². The van der Waals surface area contributed by atoms with E-state index in [0.717, 1.165) is 26.3 Å². The molecule has 1 heterocycles. The summed E-state index contributed by atoms with van der Waals surface area (Å²) in [5.41, 5.74) is 2.02. The van der Waals surface area contributed by atoms with Gasteiger partial charge in [0.15, 0.2) is 0 Å². The fourth-order valence-corrected chi connectivity index (χ4v) is 3.28. The number of benzene rings is 2. The van der Waals surface area contributed by atoms with Crippen LogP contribution in [0.3, 0.4) is 0 Å². The van der Waals surface area contributed by atoms with E-state index in [1.54, 1.807) is 17.4 Å².